The molecular weight excluding hydrogens is 148 g/mol. The van der Waals surface area contributed by atoms with Gasteiger partial charge in [0, 0.05) is 11.8 Å². The van der Waals surface area contributed by atoms with E-state index in [1.807, 2.05) is 37.4 Å². The van der Waals surface area contributed by atoms with Gasteiger partial charge in [0.2, 0.25) is 0 Å². The molecule has 0 amide bonds. The van der Waals surface area contributed by atoms with Gasteiger partial charge in [0.25, 0.3) is 0 Å². The molecule has 2 nitrogen and oxygen atoms in total. The van der Waals surface area contributed by atoms with Crippen LogP contribution in [0.5, 0.6) is 0 Å². The van der Waals surface area contributed by atoms with Gasteiger partial charge in [0.05, 0.1) is 5.69 Å². The minimum atomic E-state index is 0.883. The van der Waals surface area contributed by atoms with Gasteiger partial charge in [0.1, 0.15) is 5.82 Å². The molecule has 0 atom stereocenters. The van der Waals surface area contributed by atoms with E-state index in [1.54, 1.807) is 0 Å². The van der Waals surface area contributed by atoms with E-state index in [4.69, 9.17) is 0 Å². The number of nitrogens with one attached hydrogen (secondary N) is 1. The Balaban J connectivity index is 2.45. The third-order valence-corrected chi connectivity index (χ3v) is 1.67. The Bertz CT molecular complexity index is 362. The van der Waals surface area contributed by atoms with Gasteiger partial charge in [-0.05, 0) is 13.0 Å². The van der Waals surface area contributed by atoms with Crippen molar-refractivity contribution in [1.29, 1.82) is 0 Å². The number of H-pyrrole nitrogens is 1. The molecule has 0 saturated heterocycles. The summed E-state index contributed by atoms with van der Waals surface area (Å²) in [5, 5.41) is 0. The first kappa shape index (κ1) is 7.10. The molecule has 1 aromatic heterocycles. The third-order valence-electron chi connectivity index (χ3n) is 1.67. The Morgan fingerprint density at radius 1 is 1.42 bits per heavy atom. The number of hydrogen-bond donors (Lipinski definition) is 1. The molecule has 2 aromatic rings. The molecule has 1 aromatic carbocycles. The average molecular weight is 157 g/mol. The number of hydrogen-bond acceptors (Lipinski definition) is 1. The van der Waals surface area contributed by atoms with Crippen LogP contribution < -0.4 is 0 Å². The molecule has 0 spiro atoms. The molecule has 12 heavy (non-hydrogen) atoms. The van der Waals surface area contributed by atoms with Crippen molar-refractivity contribution in [2.24, 2.45) is 0 Å². The Morgan fingerprint density at radius 2 is 2.33 bits per heavy atom. The highest BCUT2D eigenvalue weighted by Crippen LogP contribution is 2.13. The fraction of sp³-hybridized carbons (Fsp3) is 0.100. The van der Waals surface area contributed by atoms with Crippen molar-refractivity contribution in [2.75, 3.05) is 0 Å². The molecule has 0 unspecified atom stereocenters. The highest BCUT2D eigenvalue weighted by molar-refractivity contribution is 5.53. The molecule has 0 aliphatic heterocycles. The maximum Gasteiger partial charge on any atom is 0.138 e. The van der Waals surface area contributed by atoms with Crippen molar-refractivity contribution in [3.8, 4) is 11.4 Å². The second-order valence-corrected chi connectivity index (χ2v) is 2.67. The summed E-state index contributed by atoms with van der Waals surface area (Å²) in [6.07, 6.45) is 1.89. The molecule has 1 heterocycles. The summed E-state index contributed by atoms with van der Waals surface area (Å²) in [4.78, 5) is 7.37. The van der Waals surface area contributed by atoms with Gasteiger partial charge in [0.15, 0.2) is 0 Å². The highest BCUT2D eigenvalue weighted by atomic mass is 14.9. The van der Waals surface area contributed by atoms with Gasteiger partial charge in [-0.3, -0.25) is 0 Å². The van der Waals surface area contributed by atoms with Crippen molar-refractivity contribution >= 4 is 0 Å². The molecular formula is C10H9N2. The van der Waals surface area contributed by atoms with E-state index >= 15 is 0 Å². The van der Waals surface area contributed by atoms with Crippen molar-refractivity contribution in [1.82, 2.24) is 9.97 Å². The Morgan fingerprint density at radius 3 is 2.92 bits per heavy atom. The van der Waals surface area contributed by atoms with Gasteiger partial charge >= 0.3 is 0 Å². The minimum Gasteiger partial charge on any atom is -0.344 e. The molecule has 0 aliphatic rings. The zero-order chi connectivity index (χ0) is 8.39. The summed E-state index contributed by atoms with van der Waals surface area (Å²) in [6, 6.07) is 10.9. The normalized spacial score (nSPS) is 10.1. The molecule has 2 heteroatoms. The first-order valence-electron chi connectivity index (χ1n) is 3.85. The summed E-state index contributed by atoms with van der Waals surface area (Å²) in [5.41, 5.74) is 2.01. The zero-order valence-electron chi connectivity index (χ0n) is 6.83. The number of aromatic nitrogens is 2. The van der Waals surface area contributed by atoms with E-state index in [2.05, 4.69) is 16.0 Å². The summed E-state index contributed by atoms with van der Waals surface area (Å²) in [7, 11) is 0. The number of aromatic amines is 1. The van der Waals surface area contributed by atoms with Crippen LogP contribution in [0, 0.1) is 13.0 Å². The maximum atomic E-state index is 4.29. The van der Waals surface area contributed by atoms with Crippen LogP contribution in [0.2, 0.25) is 0 Å². The lowest BCUT2D eigenvalue weighted by Gasteiger charge is -1.92. The van der Waals surface area contributed by atoms with E-state index < -0.39 is 0 Å². The van der Waals surface area contributed by atoms with Crippen LogP contribution >= 0.6 is 0 Å². The van der Waals surface area contributed by atoms with Crippen LogP contribution in [0.15, 0.2) is 30.5 Å². The molecule has 0 saturated carbocycles. The second-order valence-electron chi connectivity index (χ2n) is 2.67. The summed E-state index contributed by atoms with van der Waals surface area (Å²) in [5.74, 6) is 0.883. The van der Waals surface area contributed by atoms with Crippen LogP contribution in [-0.2, 0) is 0 Å². The smallest absolute Gasteiger partial charge is 0.138 e. The van der Waals surface area contributed by atoms with Gasteiger partial charge < -0.3 is 4.98 Å². The first-order chi connectivity index (χ1) is 5.86. The van der Waals surface area contributed by atoms with E-state index in [0.717, 1.165) is 17.1 Å². The van der Waals surface area contributed by atoms with Gasteiger partial charge in [-0.15, -0.1) is 0 Å². The molecule has 0 bridgehead atoms. The van der Waals surface area contributed by atoms with Crippen LogP contribution in [0.25, 0.3) is 11.4 Å². The van der Waals surface area contributed by atoms with Crippen LogP contribution in [-0.4, -0.2) is 9.97 Å². The fourth-order valence-electron chi connectivity index (χ4n) is 1.09. The molecule has 59 valence electrons. The van der Waals surface area contributed by atoms with E-state index in [0.29, 0.717) is 0 Å². The number of rotatable bonds is 1. The lowest BCUT2D eigenvalue weighted by atomic mass is 10.2. The number of nitrogens with zero attached hydrogens (tertiary/aromatic N) is 1. The quantitative estimate of drug-likeness (QED) is 0.675. The molecule has 2 rings (SSSR count). The SMILES string of the molecule is Cc1c[nH]c(-c2[c]cccc2)n1. The highest BCUT2D eigenvalue weighted by Gasteiger charge is 1.98. The molecule has 1 N–H and O–H groups in total. The molecule has 0 fully saturated rings. The molecule has 1 radical (unpaired) electrons. The van der Waals surface area contributed by atoms with Gasteiger partial charge in [-0.25, -0.2) is 4.98 Å². The fourth-order valence-corrected chi connectivity index (χ4v) is 1.09. The van der Waals surface area contributed by atoms with E-state index in [9.17, 15) is 0 Å². The van der Waals surface area contributed by atoms with E-state index in [-0.39, 0.29) is 0 Å². The number of benzene rings is 1. The topological polar surface area (TPSA) is 28.7 Å². The van der Waals surface area contributed by atoms with E-state index in [1.165, 1.54) is 0 Å². The van der Waals surface area contributed by atoms with Gasteiger partial charge in [-0.2, -0.15) is 0 Å². The second kappa shape index (κ2) is 2.81. The number of imidazole rings is 1. The Labute approximate surface area is 71.3 Å². The number of aryl methyl sites for hydroxylation is 1. The van der Waals surface area contributed by atoms with Crippen molar-refractivity contribution in [3.05, 3.63) is 42.2 Å². The van der Waals surface area contributed by atoms with Crippen LogP contribution in [0.4, 0.5) is 0 Å². The summed E-state index contributed by atoms with van der Waals surface area (Å²) >= 11 is 0. The van der Waals surface area contributed by atoms with Crippen LogP contribution in [0.3, 0.4) is 0 Å². The van der Waals surface area contributed by atoms with Crippen molar-refractivity contribution < 1.29 is 0 Å². The van der Waals surface area contributed by atoms with Gasteiger partial charge in [-0.1, -0.05) is 24.3 Å². The zero-order valence-corrected chi connectivity index (χ0v) is 6.83. The summed E-state index contributed by atoms with van der Waals surface area (Å²) in [6.45, 7) is 1.96. The largest absolute Gasteiger partial charge is 0.344 e. The Kier molecular flexibility index (Phi) is 1.67. The third kappa shape index (κ3) is 1.23. The monoisotopic (exact) mass is 157 g/mol. The average Bonchev–Trinajstić information content (AvgIpc) is 2.54. The van der Waals surface area contributed by atoms with Crippen LogP contribution in [0.1, 0.15) is 5.69 Å². The lowest BCUT2D eigenvalue weighted by molar-refractivity contribution is 1.25. The Hall–Kier alpha value is -1.57. The first-order valence-corrected chi connectivity index (χ1v) is 3.85. The predicted molar refractivity (Wildman–Crippen MR) is 47.6 cm³/mol. The van der Waals surface area contributed by atoms with Crippen molar-refractivity contribution in [2.45, 2.75) is 6.92 Å². The molecule has 0 aliphatic carbocycles. The summed E-state index contributed by atoms with van der Waals surface area (Å²) < 4.78 is 0. The lowest BCUT2D eigenvalue weighted by Crippen LogP contribution is -1.79. The standard InChI is InChI=1S/C10H9N2/c1-8-7-11-10(12-8)9-5-3-2-4-6-9/h2-5,7H,1H3,(H,11,12). The minimum absolute atomic E-state index is 0.883. The predicted octanol–water partition coefficient (Wildman–Crippen LogP) is 2.19. The maximum absolute atomic E-state index is 4.29. The van der Waals surface area contributed by atoms with Crippen molar-refractivity contribution in [3.63, 3.8) is 0 Å².